The van der Waals surface area contributed by atoms with E-state index in [9.17, 15) is 22.0 Å². The van der Waals surface area contributed by atoms with Crippen molar-refractivity contribution in [3.63, 3.8) is 0 Å². The van der Waals surface area contributed by atoms with Gasteiger partial charge in [-0.25, -0.2) is 0 Å². The van der Waals surface area contributed by atoms with Gasteiger partial charge in [-0.2, -0.15) is 22.0 Å². The van der Waals surface area contributed by atoms with E-state index in [4.69, 9.17) is 11.6 Å². The molecule has 0 aromatic heterocycles. The average Bonchev–Trinajstić information content (AvgIpc) is 2.47. The second-order valence-corrected chi connectivity index (χ2v) is 5.68. The van der Waals surface area contributed by atoms with E-state index in [0.717, 1.165) is 23.3 Å². The molecule has 0 amide bonds. The van der Waals surface area contributed by atoms with Gasteiger partial charge in [0.05, 0.1) is 0 Å². The summed E-state index contributed by atoms with van der Waals surface area (Å²) < 4.78 is 64.8. The van der Waals surface area contributed by atoms with Crippen LogP contribution in [0.1, 0.15) is 23.6 Å². The van der Waals surface area contributed by atoms with Gasteiger partial charge in [0.25, 0.3) is 0 Å². The minimum Gasteiger partial charge on any atom is -0.191 e. The molecule has 6 heteroatoms. The number of hydrogen-bond acceptors (Lipinski definition) is 0. The zero-order chi connectivity index (χ0) is 17.4. The molecule has 0 heterocycles. The molecular weight excluding hydrogens is 335 g/mol. The summed E-state index contributed by atoms with van der Waals surface area (Å²) in [6.07, 6.45) is -4.94. The summed E-state index contributed by atoms with van der Waals surface area (Å²) in [7, 11) is 0. The average molecular weight is 349 g/mol. The maximum atomic E-state index is 13.6. The summed E-state index contributed by atoms with van der Waals surface area (Å²) in [4.78, 5) is 0. The van der Waals surface area contributed by atoms with Crippen LogP contribution in [0, 0.1) is 6.92 Å². The molecule has 2 rings (SSSR count). The van der Waals surface area contributed by atoms with Gasteiger partial charge in [0.1, 0.15) is 0 Å². The largest absolute Gasteiger partial charge is 0.458 e. The summed E-state index contributed by atoms with van der Waals surface area (Å²) in [6, 6.07) is 8.02. The fourth-order valence-corrected chi connectivity index (χ4v) is 2.49. The van der Waals surface area contributed by atoms with Crippen LogP contribution in [0.15, 0.2) is 36.4 Å². The van der Waals surface area contributed by atoms with Crippen LogP contribution in [0.5, 0.6) is 0 Å². The number of alkyl halides is 5. The number of halogens is 6. The Morgan fingerprint density at radius 3 is 2.13 bits per heavy atom. The first-order chi connectivity index (χ1) is 10.6. The van der Waals surface area contributed by atoms with Crippen molar-refractivity contribution in [2.45, 2.75) is 32.4 Å². The highest BCUT2D eigenvalue weighted by molar-refractivity contribution is 6.33. The topological polar surface area (TPSA) is 0 Å². The molecular formula is C17H14ClF5. The molecule has 23 heavy (non-hydrogen) atoms. The highest BCUT2D eigenvalue weighted by atomic mass is 35.5. The zero-order valence-corrected chi connectivity index (χ0v) is 13.2. The first-order valence-electron chi connectivity index (χ1n) is 6.92. The molecule has 0 radical (unpaired) electrons. The summed E-state index contributed by atoms with van der Waals surface area (Å²) in [5.74, 6) is -4.93. The number of hydrogen-bond donors (Lipinski definition) is 0. The van der Waals surface area contributed by atoms with Crippen molar-refractivity contribution in [3.8, 4) is 11.1 Å². The Kier molecular flexibility index (Phi) is 4.71. The monoisotopic (exact) mass is 348 g/mol. The highest BCUT2D eigenvalue weighted by Gasteiger charge is 2.58. The van der Waals surface area contributed by atoms with E-state index in [1.807, 2.05) is 13.0 Å². The van der Waals surface area contributed by atoms with Crippen molar-refractivity contribution >= 4 is 11.6 Å². The van der Waals surface area contributed by atoms with Crippen molar-refractivity contribution in [1.82, 2.24) is 0 Å². The van der Waals surface area contributed by atoms with Crippen LogP contribution in [-0.4, -0.2) is 6.18 Å². The predicted octanol–water partition coefficient (Wildman–Crippen LogP) is 6.53. The smallest absolute Gasteiger partial charge is 0.191 e. The lowest BCUT2D eigenvalue weighted by molar-refractivity contribution is -0.289. The molecule has 0 saturated carbocycles. The summed E-state index contributed by atoms with van der Waals surface area (Å²) in [5.41, 5.74) is 1.28. The quantitative estimate of drug-likeness (QED) is 0.553. The Morgan fingerprint density at radius 2 is 1.57 bits per heavy atom. The van der Waals surface area contributed by atoms with Crippen LogP contribution in [-0.2, 0) is 12.3 Å². The normalized spacial score (nSPS) is 12.5. The number of benzene rings is 2. The van der Waals surface area contributed by atoms with Gasteiger partial charge in [0.2, 0.25) is 0 Å². The second-order valence-electron chi connectivity index (χ2n) is 5.27. The lowest BCUT2D eigenvalue weighted by atomic mass is 9.94. The highest BCUT2D eigenvalue weighted by Crippen LogP contribution is 2.45. The van der Waals surface area contributed by atoms with Crippen LogP contribution in [0.4, 0.5) is 22.0 Å². The van der Waals surface area contributed by atoms with E-state index >= 15 is 0 Å². The van der Waals surface area contributed by atoms with Crippen molar-refractivity contribution in [1.29, 1.82) is 0 Å². The minimum absolute atomic E-state index is 0.128. The SMILES string of the molecule is CCc1ccc(C)c(-c2cc(C(F)(F)C(F)(F)F)ccc2Cl)c1. The molecule has 2 aromatic carbocycles. The Labute approximate surface area is 135 Å². The Hall–Kier alpha value is -1.62. The van der Waals surface area contributed by atoms with Gasteiger partial charge in [0, 0.05) is 16.1 Å². The molecule has 0 atom stereocenters. The van der Waals surface area contributed by atoms with Crippen molar-refractivity contribution in [2.75, 3.05) is 0 Å². The molecule has 2 aromatic rings. The van der Waals surface area contributed by atoms with Gasteiger partial charge in [0.15, 0.2) is 0 Å². The van der Waals surface area contributed by atoms with Gasteiger partial charge < -0.3 is 0 Å². The van der Waals surface area contributed by atoms with Gasteiger partial charge in [-0.1, -0.05) is 42.8 Å². The van der Waals surface area contributed by atoms with E-state index in [2.05, 4.69) is 0 Å². The molecule has 0 nitrogen and oxygen atoms in total. The lowest BCUT2D eigenvalue weighted by Gasteiger charge is -2.21. The Morgan fingerprint density at radius 1 is 0.913 bits per heavy atom. The third-order valence-electron chi connectivity index (χ3n) is 3.69. The number of aryl methyl sites for hydroxylation is 2. The summed E-state index contributed by atoms with van der Waals surface area (Å²) in [5, 5.41) is 0.128. The third kappa shape index (κ3) is 3.34. The lowest BCUT2D eigenvalue weighted by Crippen LogP contribution is -2.33. The second kappa shape index (κ2) is 6.11. The minimum atomic E-state index is -5.65. The predicted molar refractivity (Wildman–Crippen MR) is 81.0 cm³/mol. The standard InChI is InChI=1S/C17H14ClF5/c1-3-11-5-4-10(2)13(8-11)14-9-12(6-7-15(14)18)16(19,20)17(21,22)23/h4-9H,3H2,1-2H3. The molecule has 0 N–H and O–H groups in total. The van der Waals surface area contributed by atoms with Gasteiger partial charge in [-0.05, 0) is 42.2 Å². The Bertz CT molecular complexity index is 719. The van der Waals surface area contributed by atoms with Crippen LogP contribution >= 0.6 is 11.6 Å². The van der Waals surface area contributed by atoms with Crippen LogP contribution < -0.4 is 0 Å². The van der Waals surface area contributed by atoms with E-state index in [-0.39, 0.29) is 10.6 Å². The molecule has 124 valence electrons. The molecule has 0 fully saturated rings. The van der Waals surface area contributed by atoms with Crippen LogP contribution in [0.3, 0.4) is 0 Å². The van der Waals surface area contributed by atoms with Crippen molar-refractivity contribution in [3.05, 3.63) is 58.1 Å². The van der Waals surface area contributed by atoms with Gasteiger partial charge in [-0.15, -0.1) is 0 Å². The maximum absolute atomic E-state index is 13.6. The molecule has 0 aliphatic carbocycles. The molecule has 0 unspecified atom stereocenters. The van der Waals surface area contributed by atoms with E-state index in [1.54, 1.807) is 19.1 Å². The zero-order valence-electron chi connectivity index (χ0n) is 12.4. The molecule has 0 saturated heterocycles. The molecule has 0 aliphatic rings. The summed E-state index contributed by atoms with van der Waals surface area (Å²) in [6.45, 7) is 3.67. The first kappa shape index (κ1) is 17.7. The summed E-state index contributed by atoms with van der Waals surface area (Å²) >= 11 is 6.04. The number of rotatable bonds is 3. The van der Waals surface area contributed by atoms with Crippen LogP contribution in [0.25, 0.3) is 11.1 Å². The van der Waals surface area contributed by atoms with Gasteiger partial charge >= 0.3 is 12.1 Å². The fourth-order valence-electron chi connectivity index (χ4n) is 2.27. The fraction of sp³-hybridized carbons (Fsp3) is 0.294. The maximum Gasteiger partial charge on any atom is 0.458 e. The van der Waals surface area contributed by atoms with Gasteiger partial charge in [-0.3, -0.25) is 0 Å². The van der Waals surface area contributed by atoms with Crippen LogP contribution in [0.2, 0.25) is 5.02 Å². The Balaban J connectivity index is 2.64. The van der Waals surface area contributed by atoms with E-state index < -0.39 is 17.7 Å². The first-order valence-corrected chi connectivity index (χ1v) is 7.30. The molecule has 0 aliphatic heterocycles. The van der Waals surface area contributed by atoms with Crippen molar-refractivity contribution < 1.29 is 22.0 Å². The molecule has 0 bridgehead atoms. The van der Waals surface area contributed by atoms with E-state index in [1.165, 1.54) is 0 Å². The molecule has 0 spiro atoms. The van der Waals surface area contributed by atoms with Crippen molar-refractivity contribution in [2.24, 2.45) is 0 Å². The third-order valence-corrected chi connectivity index (χ3v) is 4.01. The van der Waals surface area contributed by atoms with E-state index in [0.29, 0.717) is 18.1 Å².